The maximum absolute atomic E-state index is 13.2. The van der Waals surface area contributed by atoms with Crippen molar-refractivity contribution in [2.75, 3.05) is 4.90 Å². The number of rotatable bonds is 5. The molecule has 1 N–H and O–H groups in total. The summed E-state index contributed by atoms with van der Waals surface area (Å²) in [4.78, 5) is 39.1. The lowest BCUT2D eigenvalue weighted by Crippen LogP contribution is -2.54. The van der Waals surface area contributed by atoms with Crippen LogP contribution in [0.4, 0.5) is 10.5 Å². The van der Waals surface area contributed by atoms with Gasteiger partial charge in [0.15, 0.2) is 0 Å². The van der Waals surface area contributed by atoms with Crippen LogP contribution in [0.2, 0.25) is 5.02 Å². The predicted octanol–water partition coefficient (Wildman–Crippen LogP) is 5.66. The summed E-state index contributed by atoms with van der Waals surface area (Å²) in [5.74, 6) is -1.01. The monoisotopic (exact) mass is 524 g/mol. The van der Waals surface area contributed by atoms with Crippen molar-refractivity contribution < 1.29 is 19.1 Å². The van der Waals surface area contributed by atoms with Gasteiger partial charge in [0.1, 0.15) is 17.9 Å². The maximum atomic E-state index is 13.2. The lowest BCUT2D eigenvalue weighted by molar-refractivity contribution is -0.122. The smallest absolute Gasteiger partial charge is 0.335 e. The normalized spacial score (nSPS) is 15.1. The number of urea groups is 1. The topological polar surface area (TPSA) is 75.7 Å². The number of hydrogen-bond acceptors (Lipinski definition) is 4. The van der Waals surface area contributed by atoms with Crippen molar-refractivity contribution in [1.29, 1.82) is 0 Å². The minimum Gasteiger partial charge on any atom is -0.488 e. The number of carbonyl (C=O) groups excluding carboxylic acids is 3. The third-order valence-electron chi connectivity index (χ3n) is 4.97. The Labute approximate surface area is 203 Å². The molecule has 3 aromatic rings. The first-order chi connectivity index (χ1) is 15.8. The van der Waals surface area contributed by atoms with Gasteiger partial charge >= 0.3 is 6.03 Å². The fourth-order valence-electron chi connectivity index (χ4n) is 3.25. The molecule has 1 aliphatic heterocycles. The number of hydrogen-bond donors (Lipinski definition) is 1. The van der Waals surface area contributed by atoms with E-state index in [1.165, 1.54) is 6.08 Å². The quantitative estimate of drug-likeness (QED) is 0.345. The van der Waals surface area contributed by atoms with Crippen LogP contribution in [0.15, 0.2) is 76.8 Å². The van der Waals surface area contributed by atoms with Crippen LogP contribution >= 0.6 is 27.5 Å². The van der Waals surface area contributed by atoms with Gasteiger partial charge in [-0.05, 0) is 61.0 Å². The van der Waals surface area contributed by atoms with Gasteiger partial charge in [-0.3, -0.25) is 14.9 Å². The summed E-state index contributed by atoms with van der Waals surface area (Å²) in [6.45, 7) is 2.17. The molecule has 0 unspecified atom stereocenters. The number of ether oxygens (including phenoxy) is 1. The minimum absolute atomic E-state index is 0.176. The second-order valence-corrected chi connectivity index (χ2v) is 8.74. The molecule has 8 heteroatoms. The molecule has 33 heavy (non-hydrogen) atoms. The van der Waals surface area contributed by atoms with Crippen LogP contribution in [-0.2, 0) is 16.2 Å². The molecule has 4 amide bonds. The van der Waals surface area contributed by atoms with Crippen molar-refractivity contribution in [3.63, 3.8) is 0 Å². The fourth-order valence-corrected chi connectivity index (χ4v) is 3.75. The number of halogens is 2. The number of imide groups is 2. The van der Waals surface area contributed by atoms with Crippen LogP contribution in [0.25, 0.3) is 6.08 Å². The second-order valence-electron chi connectivity index (χ2n) is 7.39. The molecule has 1 fully saturated rings. The highest BCUT2D eigenvalue weighted by Crippen LogP contribution is 2.29. The summed E-state index contributed by atoms with van der Waals surface area (Å²) < 4.78 is 6.68. The molecule has 0 radical (unpaired) electrons. The van der Waals surface area contributed by atoms with Crippen LogP contribution in [0.3, 0.4) is 0 Å². The zero-order chi connectivity index (χ0) is 23.5. The molecule has 0 bridgehead atoms. The number of amides is 4. The highest BCUT2D eigenvalue weighted by Gasteiger charge is 2.37. The molecule has 0 atom stereocenters. The average molecular weight is 526 g/mol. The van der Waals surface area contributed by atoms with Crippen molar-refractivity contribution in [2.24, 2.45) is 0 Å². The Hall–Kier alpha value is -3.42. The average Bonchev–Trinajstić information content (AvgIpc) is 2.78. The zero-order valence-corrected chi connectivity index (χ0v) is 19.8. The van der Waals surface area contributed by atoms with E-state index in [1.54, 1.807) is 54.6 Å². The molecule has 6 nitrogen and oxygen atoms in total. The van der Waals surface area contributed by atoms with Gasteiger partial charge in [0.05, 0.1) is 5.69 Å². The molecule has 0 spiro atoms. The first-order valence-electron chi connectivity index (χ1n) is 9.97. The van der Waals surface area contributed by atoms with Crippen LogP contribution in [0, 0.1) is 6.92 Å². The van der Waals surface area contributed by atoms with E-state index in [0.717, 1.165) is 20.5 Å². The largest absolute Gasteiger partial charge is 0.488 e. The van der Waals surface area contributed by atoms with Gasteiger partial charge < -0.3 is 4.74 Å². The van der Waals surface area contributed by atoms with E-state index in [0.29, 0.717) is 22.0 Å². The van der Waals surface area contributed by atoms with E-state index >= 15 is 0 Å². The summed E-state index contributed by atoms with van der Waals surface area (Å²) in [7, 11) is 0. The zero-order valence-electron chi connectivity index (χ0n) is 17.5. The fraction of sp³-hybridized carbons (Fsp3) is 0.0800. The molecule has 1 heterocycles. The van der Waals surface area contributed by atoms with Crippen molar-refractivity contribution in [2.45, 2.75) is 13.5 Å². The second kappa shape index (κ2) is 9.60. The SMILES string of the molecule is Cc1ccc(N2C(=O)NC(=O)/C(=C\c3cc(Br)ccc3OCc3ccc(Cl)cc3)C2=O)cc1. The predicted molar refractivity (Wildman–Crippen MR) is 130 cm³/mol. The Bertz CT molecular complexity index is 1270. The number of anilines is 1. The van der Waals surface area contributed by atoms with Crippen molar-refractivity contribution in [1.82, 2.24) is 5.32 Å². The number of nitrogens with one attached hydrogen (secondary N) is 1. The van der Waals surface area contributed by atoms with E-state index < -0.39 is 17.8 Å². The van der Waals surface area contributed by atoms with Crippen LogP contribution in [0.5, 0.6) is 5.75 Å². The van der Waals surface area contributed by atoms with Gasteiger partial charge in [-0.2, -0.15) is 0 Å². The highest BCUT2D eigenvalue weighted by molar-refractivity contribution is 9.10. The third-order valence-corrected chi connectivity index (χ3v) is 5.72. The molecule has 4 rings (SSSR count). The Morgan fingerprint density at radius 2 is 1.70 bits per heavy atom. The van der Waals surface area contributed by atoms with Crippen LogP contribution < -0.4 is 15.0 Å². The summed E-state index contributed by atoms with van der Waals surface area (Å²) in [6.07, 6.45) is 1.42. The van der Waals surface area contributed by atoms with Gasteiger partial charge in [0, 0.05) is 15.1 Å². The van der Waals surface area contributed by atoms with E-state index in [-0.39, 0.29) is 12.2 Å². The lowest BCUT2D eigenvalue weighted by atomic mass is 10.1. The van der Waals surface area contributed by atoms with Gasteiger partial charge in [0.2, 0.25) is 0 Å². The van der Waals surface area contributed by atoms with Crippen molar-refractivity contribution in [3.05, 3.63) is 98.5 Å². The Morgan fingerprint density at radius 1 is 1.00 bits per heavy atom. The van der Waals surface area contributed by atoms with Crippen LogP contribution in [-0.4, -0.2) is 17.8 Å². The van der Waals surface area contributed by atoms with Gasteiger partial charge in [-0.15, -0.1) is 0 Å². The molecular weight excluding hydrogens is 508 g/mol. The molecule has 0 aromatic heterocycles. The highest BCUT2D eigenvalue weighted by atomic mass is 79.9. The Balaban J connectivity index is 1.66. The number of nitrogens with zero attached hydrogens (tertiary/aromatic N) is 1. The first-order valence-corrected chi connectivity index (χ1v) is 11.1. The van der Waals surface area contributed by atoms with E-state index in [4.69, 9.17) is 16.3 Å². The molecular formula is C25H18BrClN2O4. The third kappa shape index (κ3) is 5.16. The first kappa shape index (κ1) is 22.8. The van der Waals surface area contributed by atoms with Crippen LogP contribution in [0.1, 0.15) is 16.7 Å². The minimum atomic E-state index is -0.792. The van der Waals surface area contributed by atoms with E-state index in [1.807, 2.05) is 19.1 Å². The Morgan fingerprint density at radius 3 is 2.39 bits per heavy atom. The molecule has 1 saturated heterocycles. The molecule has 3 aromatic carbocycles. The van der Waals surface area contributed by atoms with E-state index in [9.17, 15) is 14.4 Å². The summed E-state index contributed by atoms with van der Waals surface area (Å²) in [5, 5.41) is 2.86. The van der Waals surface area contributed by atoms with Gasteiger partial charge in [-0.25, -0.2) is 9.69 Å². The molecule has 0 aliphatic carbocycles. The van der Waals surface area contributed by atoms with E-state index in [2.05, 4.69) is 21.2 Å². The number of aryl methyl sites for hydroxylation is 1. The van der Waals surface area contributed by atoms with Gasteiger partial charge in [0.25, 0.3) is 11.8 Å². The Kier molecular flexibility index (Phi) is 6.62. The lowest BCUT2D eigenvalue weighted by Gasteiger charge is -2.26. The summed E-state index contributed by atoms with van der Waals surface area (Å²) >= 11 is 9.34. The van der Waals surface area contributed by atoms with Gasteiger partial charge in [-0.1, -0.05) is 57.4 Å². The molecule has 166 valence electrons. The molecule has 0 saturated carbocycles. The summed E-state index contributed by atoms with van der Waals surface area (Å²) in [6, 6.07) is 18.6. The van der Waals surface area contributed by atoms with Crippen molar-refractivity contribution in [3.8, 4) is 5.75 Å². The number of carbonyl (C=O) groups is 3. The molecule has 1 aliphatic rings. The maximum Gasteiger partial charge on any atom is 0.335 e. The standard InChI is InChI=1S/C25H18BrClN2O4/c1-15-2-9-20(10-3-15)29-24(31)21(23(30)28-25(29)32)13-17-12-18(26)6-11-22(17)33-14-16-4-7-19(27)8-5-16/h2-13H,14H2,1H3,(H,28,30,32)/b21-13+. The number of barbiturate groups is 1. The summed E-state index contributed by atoms with van der Waals surface area (Å²) in [5.41, 5.74) is 2.59. The number of benzene rings is 3. The van der Waals surface area contributed by atoms with Crippen molar-refractivity contribution >= 4 is 57.1 Å².